The molecule has 0 spiro atoms. The standard InChI is InChI=1S/C19H28N2/c1-5-12-20-18(19(2,3)4)11-10-15-13-16-8-6-7-9-17(16)21-14-15/h6-9,13-14,18,20H,5,10-12H2,1-4H3. The van der Waals surface area contributed by atoms with Crippen LogP contribution in [0.3, 0.4) is 0 Å². The molecule has 1 heterocycles. The van der Waals surface area contributed by atoms with E-state index in [1.54, 1.807) is 0 Å². The second-order valence-electron chi connectivity index (χ2n) is 6.95. The highest BCUT2D eigenvalue weighted by Gasteiger charge is 2.23. The van der Waals surface area contributed by atoms with Gasteiger partial charge in [0.2, 0.25) is 0 Å². The van der Waals surface area contributed by atoms with Crippen LogP contribution in [0, 0.1) is 5.41 Å². The Morgan fingerprint density at radius 1 is 1.19 bits per heavy atom. The van der Waals surface area contributed by atoms with Crippen molar-refractivity contribution in [2.24, 2.45) is 5.41 Å². The van der Waals surface area contributed by atoms with E-state index in [0.717, 1.165) is 24.9 Å². The van der Waals surface area contributed by atoms with Crippen molar-refractivity contribution in [1.29, 1.82) is 0 Å². The van der Waals surface area contributed by atoms with Crippen molar-refractivity contribution in [3.05, 3.63) is 42.1 Å². The summed E-state index contributed by atoms with van der Waals surface area (Å²) in [4.78, 5) is 4.56. The van der Waals surface area contributed by atoms with E-state index in [1.165, 1.54) is 17.4 Å². The van der Waals surface area contributed by atoms with E-state index in [2.05, 4.69) is 62.3 Å². The fourth-order valence-electron chi connectivity index (χ4n) is 2.72. The van der Waals surface area contributed by atoms with Gasteiger partial charge in [0.1, 0.15) is 0 Å². The molecule has 0 amide bonds. The number of hydrogen-bond donors (Lipinski definition) is 1. The number of benzene rings is 1. The van der Waals surface area contributed by atoms with Crippen LogP contribution in [0.25, 0.3) is 10.9 Å². The molecule has 1 N–H and O–H groups in total. The zero-order valence-corrected chi connectivity index (χ0v) is 13.8. The highest BCUT2D eigenvalue weighted by molar-refractivity contribution is 5.78. The molecule has 0 radical (unpaired) electrons. The number of rotatable bonds is 6. The lowest BCUT2D eigenvalue weighted by Gasteiger charge is -2.32. The average Bonchev–Trinajstić information content (AvgIpc) is 2.45. The van der Waals surface area contributed by atoms with Gasteiger partial charge in [-0.15, -0.1) is 0 Å². The van der Waals surface area contributed by atoms with Crippen LogP contribution < -0.4 is 5.32 Å². The van der Waals surface area contributed by atoms with Crippen molar-refractivity contribution in [2.45, 2.75) is 53.0 Å². The molecule has 2 nitrogen and oxygen atoms in total. The SMILES string of the molecule is CCCNC(CCc1cnc2ccccc2c1)C(C)(C)C. The average molecular weight is 284 g/mol. The van der Waals surface area contributed by atoms with E-state index in [9.17, 15) is 0 Å². The maximum Gasteiger partial charge on any atom is 0.0702 e. The number of fused-ring (bicyclic) bond motifs is 1. The van der Waals surface area contributed by atoms with Gasteiger partial charge in [0, 0.05) is 17.6 Å². The monoisotopic (exact) mass is 284 g/mol. The second-order valence-corrected chi connectivity index (χ2v) is 6.95. The molecule has 21 heavy (non-hydrogen) atoms. The van der Waals surface area contributed by atoms with Gasteiger partial charge in [-0.1, -0.05) is 45.9 Å². The second kappa shape index (κ2) is 7.04. The number of nitrogens with one attached hydrogen (secondary N) is 1. The van der Waals surface area contributed by atoms with Gasteiger partial charge in [-0.3, -0.25) is 4.98 Å². The smallest absolute Gasteiger partial charge is 0.0702 e. The highest BCUT2D eigenvalue weighted by atomic mass is 14.9. The Bertz CT molecular complexity index is 569. The van der Waals surface area contributed by atoms with E-state index < -0.39 is 0 Å². The molecule has 0 aliphatic carbocycles. The molecule has 0 fully saturated rings. The minimum absolute atomic E-state index is 0.291. The van der Waals surface area contributed by atoms with Gasteiger partial charge in [0.25, 0.3) is 0 Å². The van der Waals surface area contributed by atoms with Crippen molar-refractivity contribution in [3.8, 4) is 0 Å². The predicted octanol–water partition coefficient (Wildman–Crippen LogP) is 4.58. The van der Waals surface area contributed by atoms with Crippen LogP contribution in [0.4, 0.5) is 0 Å². The van der Waals surface area contributed by atoms with E-state index >= 15 is 0 Å². The first-order valence-electron chi connectivity index (χ1n) is 8.07. The van der Waals surface area contributed by atoms with Crippen LogP contribution >= 0.6 is 0 Å². The van der Waals surface area contributed by atoms with Crippen molar-refractivity contribution in [2.75, 3.05) is 6.54 Å². The molecule has 0 saturated heterocycles. The summed E-state index contributed by atoms with van der Waals surface area (Å²) < 4.78 is 0. The van der Waals surface area contributed by atoms with E-state index in [-0.39, 0.29) is 0 Å². The lowest BCUT2D eigenvalue weighted by Crippen LogP contribution is -2.41. The van der Waals surface area contributed by atoms with E-state index in [4.69, 9.17) is 0 Å². The topological polar surface area (TPSA) is 24.9 Å². The summed E-state index contributed by atoms with van der Waals surface area (Å²) in [5.41, 5.74) is 2.71. The van der Waals surface area contributed by atoms with Gasteiger partial charge in [0.05, 0.1) is 5.52 Å². The maximum absolute atomic E-state index is 4.56. The van der Waals surface area contributed by atoms with Crippen LogP contribution in [0.5, 0.6) is 0 Å². The number of nitrogens with zero attached hydrogens (tertiary/aromatic N) is 1. The van der Waals surface area contributed by atoms with E-state index in [1.807, 2.05) is 12.3 Å². The van der Waals surface area contributed by atoms with Crippen LogP contribution in [0.15, 0.2) is 36.5 Å². The minimum atomic E-state index is 0.291. The van der Waals surface area contributed by atoms with Gasteiger partial charge in [-0.2, -0.15) is 0 Å². The molecule has 2 heteroatoms. The number of hydrogen-bond acceptors (Lipinski definition) is 2. The molecule has 2 rings (SSSR count). The molecule has 0 saturated carbocycles. The lowest BCUT2D eigenvalue weighted by molar-refractivity contribution is 0.255. The predicted molar refractivity (Wildman–Crippen MR) is 91.6 cm³/mol. The molecular formula is C19H28N2. The molecule has 1 atom stereocenters. The van der Waals surface area contributed by atoms with E-state index in [0.29, 0.717) is 11.5 Å². The fourth-order valence-corrected chi connectivity index (χ4v) is 2.72. The molecular weight excluding hydrogens is 256 g/mol. The van der Waals surface area contributed by atoms with Crippen LogP contribution in [0.1, 0.15) is 46.1 Å². The highest BCUT2D eigenvalue weighted by Crippen LogP contribution is 2.24. The first kappa shape index (κ1) is 16.0. The van der Waals surface area contributed by atoms with Crippen molar-refractivity contribution >= 4 is 10.9 Å². The Balaban J connectivity index is 2.04. The Labute approximate surface area is 129 Å². The van der Waals surface area contributed by atoms with Crippen LogP contribution in [0.2, 0.25) is 0 Å². The first-order chi connectivity index (χ1) is 10.0. The third-order valence-electron chi connectivity index (χ3n) is 4.05. The Hall–Kier alpha value is -1.41. The number of aromatic nitrogens is 1. The summed E-state index contributed by atoms with van der Waals surface area (Å²) in [6, 6.07) is 11.2. The third kappa shape index (κ3) is 4.53. The number of para-hydroxylation sites is 1. The summed E-state index contributed by atoms with van der Waals surface area (Å²) >= 11 is 0. The first-order valence-corrected chi connectivity index (χ1v) is 8.07. The summed E-state index contributed by atoms with van der Waals surface area (Å²) in [6.07, 6.45) is 5.45. The largest absolute Gasteiger partial charge is 0.313 e. The van der Waals surface area contributed by atoms with Crippen molar-refractivity contribution in [1.82, 2.24) is 10.3 Å². The van der Waals surface area contributed by atoms with Gasteiger partial charge in [0.15, 0.2) is 0 Å². The molecule has 1 aromatic heterocycles. The minimum Gasteiger partial charge on any atom is -0.313 e. The van der Waals surface area contributed by atoms with Gasteiger partial charge in [-0.25, -0.2) is 0 Å². The van der Waals surface area contributed by atoms with Crippen molar-refractivity contribution < 1.29 is 0 Å². The van der Waals surface area contributed by atoms with Crippen LogP contribution in [-0.2, 0) is 6.42 Å². The van der Waals surface area contributed by atoms with Gasteiger partial charge in [-0.05, 0) is 48.9 Å². The molecule has 114 valence electrons. The zero-order valence-electron chi connectivity index (χ0n) is 13.8. The fraction of sp³-hybridized carbons (Fsp3) is 0.526. The zero-order chi connectivity index (χ0) is 15.3. The normalized spacial score (nSPS) is 13.5. The Morgan fingerprint density at radius 3 is 2.67 bits per heavy atom. The summed E-state index contributed by atoms with van der Waals surface area (Å²) in [5, 5.41) is 4.94. The summed E-state index contributed by atoms with van der Waals surface area (Å²) in [6.45, 7) is 10.3. The molecule has 0 bridgehead atoms. The summed E-state index contributed by atoms with van der Waals surface area (Å²) in [7, 11) is 0. The maximum atomic E-state index is 4.56. The van der Waals surface area contributed by atoms with Gasteiger partial charge >= 0.3 is 0 Å². The Kier molecular flexibility index (Phi) is 5.35. The number of pyridine rings is 1. The van der Waals surface area contributed by atoms with Gasteiger partial charge < -0.3 is 5.32 Å². The quantitative estimate of drug-likeness (QED) is 0.839. The van der Waals surface area contributed by atoms with Crippen LogP contribution in [-0.4, -0.2) is 17.6 Å². The molecule has 2 aromatic rings. The number of aryl methyl sites for hydroxylation is 1. The van der Waals surface area contributed by atoms with Crippen molar-refractivity contribution in [3.63, 3.8) is 0 Å². The molecule has 0 aliphatic heterocycles. The molecule has 1 unspecified atom stereocenters. The molecule has 0 aliphatic rings. The molecule has 1 aromatic carbocycles. The summed E-state index contributed by atoms with van der Waals surface area (Å²) in [5.74, 6) is 0. The Morgan fingerprint density at radius 2 is 1.95 bits per heavy atom. The third-order valence-corrected chi connectivity index (χ3v) is 4.05. The lowest BCUT2D eigenvalue weighted by atomic mass is 9.83.